The molecule has 3 aromatic rings. The number of hydrogen-bond acceptors (Lipinski definition) is 2. The monoisotopic (exact) mass is 268 g/mol. The number of hydrogen-bond donors (Lipinski definition) is 2. The van der Waals surface area contributed by atoms with Crippen molar-refractivity contribution in [2.75, 3.05) is 0 Å². The first-order valence-electron chi connectivity index (χ1n) is 6.28. The van der Waals surface area contributed by atoms with Gasteiger partial charge in [-0.25, -0.2) is 4.39 Å². The van der Waals surface area contributed by atoms with E-state index in [1.54, 1.807) is 12.3 Å². The minimum absolute atomic E-state index is 0.00223. The van der Waals surface area contributed by atoms with E-state index in [0.29, 0.717) is 23.0 Å². The van der Waals surface area contributed by atoms with Crippen LogP contribution < -0.4 is 0 Å². The summed E-state index contributed by atoms with van der Waals surface area (Å²) < 4.78 is 13.3. The van der Waals surface area contributed by atoms with Crippen LogP contribution in [0.1, 0.15) is 11.1 Å². The lowest BCUT2D eigenvalue weighted by Gasteiger charge is -1.95. The van der Waals surface area contributed by atoms with Crippen LogP contribution in [0, 0.1) is 5.82 Å². The fourth-order valence-corrected chi connectivity index (χ4v) is 2.13. The van der Waals surface area contributed by atoms with E-state index in [1.807, 2.05) is 30.3 Å². The van der Waals surface area contributed by atoms with Gasteiger partial charge >= 0.3 is 0 Å². The van der Waals surface area contributed by atoms with Crippen LogP contribution in [-0.2, 0) is 6.54 Å². The number of rotatable bonds is 3. The number of aromatic hydroxyl groups is 1. The van der Waals surface area contributed by atoms with Crippen molar-refractivity contribution in [3.05, 3.63) is 65.5 Å². The lowest BCUT2D eigenvalue weighted by molar-refractivity contribution is 0.457. The van der Waals surface area contributed by atoms with Crippen molar-refractivity contribution in [1.29, 1.82) is 0 Å². The minimum atomic E-state index is -0.339. The maximum absolute atomic E-state index is 13.3. The highest BCUT2D eigenvalue weighted by atomic mass is 19.1. The lowest BCUT2D eigenvalue weighted by atomic mass is 10.2. The van der Waals surface area contributed by atoms with Crippen LogP contribution in [0.15, 0.2) is 53.5 Å². The molecule has 0 aliphatic carbocycles. The third-order valence-electron chi connectivity index (χ3n) is 3.12. The molecule has 1 aromatic heterocycles. The summed E-state index contributed by atoms with van der Waals surface area (Å²) in [5.41, 5.74) is 2.27. The molecule has 0 radical (unpaired) electrons. The molecular formula is C16H13FN2O. The van der Waals surface area contributed by atoms with Gasteiger partial charge in [-0.1, -0.05) is 30.3 Å². The van der Waals surface area contributed by atoms with Gasteiger partial charge in [0.15, 0.2) is 5.88 Å². The van der Waals surface area contributed by atoms with Gasteiger partial charge < -0.3 is 10.1 Å². The fraction of sp³-hybridized carbons (Fsp3) is 0.0625. The number of benzene rings is 2. The van der Waals surface area contributed by atoms with Gasteiger partial charge in [0.05, 0.1) is 12.1 Å². The SMILES string of the molecule is Oc1[nH]c2ccc(F)cc2c1C=NCc1ccccc1. The highest BCUT2D eigenvalue weighted by Gasteiger charge is 2.09. The normalized spacial score (nSPS) is 11.4. The van der Waals surface area contributed by atoms with Gasteiger partial charge in [-0.05, 0) is 23.8 Å². The molecule has 2 N–H and O–H groups in total. The summed E-state index contributed by atoms with van der Waals surface area (Å²) in [5, 5.41) is 10.5. The predicted octanol–water partition coefficient (Wildman–Crippen LogP) is 3.63. The Morgan fingerprint density at radius 2 is 1.95 bits per heavy atom. The molecule has 0 atom stereocenters. The summed E-state index contributed by atoms with van der Waals surface area (Å²) >= 11 is 0. The van der Waals surface area contributed by atoms with Crippen LogP contribution in [-0.4, -0.2) is 16.3 Å². The second kappa shape index (κ2) is 5.17. The van der Waals surface area contributed by atoms with Crippen LogP contribution in [0.3, 0.4) is 0 Å². The number of nitrogens with one attached hydrogen (secondary N) is 1. The Hall–Kier alpha value is -2.62. The van der Waals surface area contributed by atoms with E-state index in [0.717, 1.165) is 5.56 Å². The van der Waals surface area contributed by atoms with Crippen molar-refractivity contribution >= 4 is 17.1 Å². The summed E-state index contributed by atoms with van der Waals surface area (Å²) in [6.07, 6.45) is 1.57. The van der Waals surface area contributed by atoms with Gasteiger partial charge in [-0.15, -0.1) is 0 Å². The Labute approximate surface area is 115 Å². The van der Waals surface area contributed by atoms with Crippen LogP contribution in [0.2, 0.25) is 0 Å². The topological polar surface area (TPSA) is 48.4 Å². The Balaban J connectivity index is 1.90. The van der Waals surface area contributed by atoms with E-state index < -0.39 is 0 Å². The van der Waals surface area contributed by atoms with E-state index >= 15 is 0 Å². The van der Waals surface area contributed by atoms with Crippen molar-refractivity contribution in [2.45, 2.75) is 6.54 Å². The maximum atomic E-state index is 13.3. The largest absolute Gasteiger partial charge is 0.494 e. The van der Waals surface area contributed by atoms with Crippen LogP contribution >= 0.6 is 0 Å². The molecule has 0 saturated heterocycles. The molecule has 0 unspecified atom stereocenters. The molecule has 0 saturated carbocycles. The Morgan fingerprint density at radius 3 is 2.75 bits per heavy atom. The second-order valence-electron chi connectivity index (χ2n) is 4.53. The molecule has 0 aliphatic rings. The highest BCUT2D eigenvalue weighted by Crippen LogP contribution is 2.26. The molecule has 0 fully saturated rings. The Kier molecular flexibility index (Phi) is 3.21. The number of aromatic amines is 1. The van der Waals surface area contributed by atoms with E-state index in [2.05, 4.69) is 9.98 Å². The summed E-state index contributed by atoms with van der Waals surface area (Å²) in [6.45, 7) is 0.516. The van der Waals surface area contributed by atoms with E-state index in [1.165, 1.54) is 12.1 Å². The first kappa shape index (κ1) is 12.4. The molecule has 3 rings (SSSR count). The molecule has 100 valence electrons. The zero-order chi connectivity index (χ0) is 13.9. The van der Waals surface area contributed by atoms with Gasteiger partial charge in [0.1, 0.15) is 5.82 Å². The molecule has 0 spiro atoms. The molecule has 0 aliphatic heterocycles. The molecular weight excluding hydrogens is 255 g/mol. The quantitative estimate of drug-likeness (QED) is 0.700. The van der Waals surface area contributed by atoms with E-state index in [-0.39, 0.29) is 11.7 Å². The van der Waals surface area contributed by atoms with Crippen molar-refractivity contribution < 1.29 is 9.50 Å². The highest BCUT2D eigenvalue weighted by molar-refractivity contribution is 6.01. The molecule has 3 nitrogen and oxygen atoms in total. The summed E-state index contributed by atoms with van der Waals surface area (Å²) in [7, 11) is 0. The van der Waals surface area contributed by atoms with Gasteiger partial charge in [0.2, 0.25) is 0 Å². The van der Waals surface area contributed by atoms with E-state index in [4.69, 9.17) is 0 Å². The standard InChI is InChI=1S/C16H13FN2O/c17-12-6-7-15-13(8-12)14(16(20)19-15)10-18-9-11-4-2-1-3-5-11/h1-8,10,19-20H,9H2. The Morgan fingerprint density at radius 1 is 1.15 bits per heavy atom. The third-order valence-corrected chi connectivity index (χ3v) is 3.12. The molecule has 2 aromatic carbocycles. The predicted molar refractivity (Wildman–Crippen MR) is 77.7 cm³/mol. The fourth-order valence-electron chi connectivity index (χ4n) is 2.13. The molecule has 0 bridgehead atoms. The lowest BCUT2D eigenvalue weighted by Crippen LogP contribution is -1.84. The zero-order valence-corrected chi connectivity index (χ0v) is 10.7. The average Bonchev–Trinajstić information content (AvgIpc) is 2.76. The number of nitrogens with zero attached hydrogens (tertiary/aromatic N) is 1. The number of aliphatic imine (C=N–C) groups is 1. The molecule has 1 heterocycles. The molecule has 20 heavy (non-hydrogen) atoms. The average molecular weight is 268 g/mol. The first-order chi connectivity index (χ1) is 9.74. The molecule has 0 amide bonds. The van der Waals surface area contributed by atoms with Crippen molar-refractivity contribution in [3.63, 3.8) is 0 Å². The number of aromatic nitrogens is 1. The van der Waals surface area contributed by atoms with Crippen LogP contribution in [0.25, 0.3) is 10.9 Å². The van der Waals surface area contributed by atoms with Crippen molar-refractivity contribution in [3.8, 4) is 5.88 Å². The van der Waals surface area contributed by atoms with Crippen molar-refractivity contribution in [1.82, 2.24) is 4.98 Å². The maximum Gasteiger partial charge on any atom is 0.198 e. The number of fused-ring (bicyclic) bond motifs is 1. The Bertz CT molecular complexity index is 763. The van der Waals surface area contributed by atoms with Gasteiger partial charge in [0.25, 0.3) is 0 Å². The number of halogens is 1. The summed E-state index contributed by atoms with van der Waals surface area (Å²) in [4.78, 5) is 7.10. The summed E-state index contributed by atoms with van der Waals surface area (Å²) in [5.74, 6) is -0.336. The van der Waals surface area contributed by atoms with Crippen molar-refractivity contribution in [2.24, 2.45) is 4.99 Å². The van der Waals surface area contributed by atoms with Crippen LogP contribution in [0.5, 0.6) is 5.88 Å². The van der Waals surface area contributed by atoms with Gasteiger partial charge in [-0.2, -0.15) is 0 Å². The second-order valence-corrected chi connectivity index (χ2v) is 4.53. The molecule has 4 heteroatoms. The minimum Gasteiger partial charge on any atom is -0.494 e. The first-order valence-corrected chi connectivity index (χ1v) is 6.28. The number of H-pyrrole nitrogens is 1. The summed E-state index contributed by atoms with van der Waals surface area (Å²) in [6, 6.07) is 14.1. The smallest absolute Gasteiger partial charge is 0.198 e. The van der Waals surface area contributed by atoms with Gasteiger partial charge in [0, 0.05) is 17.1 Å². The third kappa shape index (κ3) is 2.40. The zero-order valence-electron chi connectivity index (χ0n) is 10.7. The van der Waals surface area contributed by atoms with E-state index in [9.17, 15) is 9.50 Å². The van der Waals surface area contributed by atoms with Crippen LogP contribution in [0.4, 0.5) is 4.39 Å². The van der Waals surface area contributed by atoms with Gasteiger partial charge in [-0.3, -0.25) is 4.99 Å².